The molecule has 6 nitrogen and oxygen atoms in total. The third-order valence-corrected chi connectivity index (χ3v) is 4.70. The Morgan fingerprint density at radius 1 is 1.24 bits per heavy atom. The van der Waals surface area contributed by atoms with Crippen molar-refractivity contribution in [2.24, 2.45) is 7.05 Å². The van der Waals surface area contributed by atoms with E-state index >= 15 is 0 Å². The molecular formula is C17H11FN4O2S. The van der Waals surface area contributed by atoms with E-state index in [-0.39, 0.29) is 11.1 Å². The Kier molecular flexibility index (Phi) is 3.54. The SMILES string of the molecule is Cn1nc(C(=O)Nc2nc3ccccc3s2)c(=O)c2cc(F)ccc21. The molecule has 0 aliphatic carbocycles. The van der Waals surface area contributed by atoms with E-state index in [9.17, 15) is 14.0 Å². The minimum Gasteiger partial charge on any atom is -0.296 e. The zero-order chi connectivity index (χ0) is 17.6. The minimum atomic E-state index is -0.675. The lowest BCUT2D eigenvalue weighted by molar-refractivity contribution is 0.101. The molecule has 0 fully saturated rings. The van der Waals surface area contributed by atoms with E-state index in [2.05, 4.69) is 15.4 Å². The summed E-state index contributed by atoms with van der Waals surface area (Å²) >= 11 is 1.30. The van der Waals surface area contributed by atoms with Crippen molar-refractivity contribution < 1.29 is 9.18 Å². The normalized spacial score (nSPS) is 11.1. The molecule has 2 aromatic carbocycles. The number of hydrogen-bond acceptors (Lipinski definition) is 5. The number of nitrogens with zero attached hydrogens (tertiary/aromatic N) is 3. The predicted octanol–water partition coefficient (Wildman–Crippen LogP) is 2.93. The van der Waals surface area contributed by atoms with Gasteiger partial charge in [0.1, 0.15) is 5.82 Å². The maximum atomic E-state index is 13.5. The fourth-order valence-electron chi connectivity index (χ4n) is 2.58. The molecule has 0 aliphatic rings. The van der Waals surface area contributed by atoms with Gasteiger partial charge in [0, 0.05) is 7.05 Å². The Hall–Kier alpha value is -3.13. The molecule has 8 heteroatoms. The molecule has 0 atom stereocenters. The monoisotopic (exact) mass is 354 g/mol. The first-order valence-electron chi connectivity index (χ1n) is 7.36. The summed E-state index contributed by atoms with van der Waals surface area (Å²) in [5.74, 6) is -1.22. The number of aryl methyl sites for hydroxylation is 1. The molecule has 2 heterocycles. The smallest absolute Gasteiger partial charge is 0.281 e. The second kappa shape index (κ2) is 5.75. The fraction of sp³-hybridized carbons (Fsp3) is 0.0588. The third-order valence-electron chi connectivity index (χ3n) is 3.75. The average molecular weight is 354 g/mol. The molecule has 1 amide bonds. The Labute approximate surface area is 144 Å². The van der Waals surface area contributed by atoms with Gasteiger partial charge < -0.3 is 0 Å². The number of para-hydroxylation sites is 1. The van der Waals surface area contributed by atoms with E-state index in [1.807, 2.05) is 24.3 Å². The van der Waals surface area contributed by atoms with Gasteiger partial charge >= 0.3 is 0 Å². The van der Waals surface area contributed by atoms with Gasteiger partial charge in [0.15, 0.2) is 10.8 Å². The largest absolute Gasteiger partial charge is 0.296 e. The van der Waals surface area contributed by atoms with Crippen LogP contribution in [0.2, 0.25) is 0 Å². The topological polar surface area (TPSA) is 76.9 Å². The number of thiazole rings is 1. The van der Waals surface area contributed by atoms with Crippen molar-refractivity contribution in [2.45, 2.75) is 0 Å². The van der Waals surface area contributed by atoms with Gasteiger partial charge in [-0.15, -0.1) is 0 Å². The number of halogens is 1. The summed E-state index contributed by atoms with van der Waals surface area (Å²) in [4.78, 5) is 29.3. The first-order valence-corrected chi connectivity index (χ1v) is 8.18. The number of hydrogen-bond donors (Lipinski definition) is 1. The van der Waals surface area contributed by atoms with Gasteiger partial charge in [-0.05, 0) is 30.3 Å². The Balaban J connectivity index is 1.77. The molecule has 2 aromatic heterocycles. The highest BCUT2D eigenvalue weighted by molar-refractivity contribution is 7.22. The van der Waals surface area contributed by atoms with Gasteiger partial charge in [-0.1, -0.05) is 23.5 Å². The van der Waals surface area contributed by atoms with Crippen LogP contribution in [0.15, 0.2) is 47.3 Å². The van der Waals surface area contributed by atoms with Crippen LogP contribution >= 0.6 is 11.3 Å². The van der Waals surface area contributed by atoms with Crippen LogP contribution in [0.1, 0.15) is 10.5 Å². The molecule has 25 heavy (non-hydrogen) atoms. The van der Waals surface area contributed by atoms with Crippen LogP contribution in [0, 0.1) is 5.82 Å². The molecule has 0 radical (unpaired) electrons. The summed E-state index contributed by atoms with van der Waals surface area (Å²) in [6.45, 7) is 0. The summed E-state index contributed by atoms with van der Waals surface area (Å²) in [7, 11) is 1.59. The molecule has 0 bridgehead atoms. The quantitative estimate of drug-likeness (QED) is 0.600. The molecule has 124 valence electrons. The second-order valence-corrected chi connectivity index (χ2v) is 6.43. The zero-order valence-electron chi connectivity index (χ0n) is 13.0. The summed E-state index contributed by atoms with van der Waals surface area (Å²) in [5.41, 5.74) is 0.276. The van der Waals surface area contributed by atoms with Gasteiger partial charge in [-0.25, -0.2) is 9.37 Å². The van der Waals surface area contributed by atoms with Crippen LogP contribution in [0.5, 0.6) is 0 Å². The number of carbonyl (C=O) groups is 1. The molecule has 4 aromatic rings. The van der Waals surface area contributed by atoms with Crippen molar-refractivity contribution in [2.75, 3.05) is 5.32 Å². The van der Waals surface area contributed by atoms with Gasteiger partial charge in [0.25, 0.3) is 5.91 Å². The number of amides is 1. The van der Waals surface area contributed by atoms with Crippen molar-refractivity contribution in [1.29, 1.82) is 0 Å². The molecule has 0 unspecified atom stereocenters. The molecule has 4 rings (SSSR count). The second-order valence-electron chi connectivity index (χ2n) is 5.40. The number of anilines is 1. The first kappa shape index (κ1) is 15.4. The molecule has 0 saturated heterocycles. The van der Waals surface area contributed by atoms with Crippen LogP contribution < -0.4 is 10.7 Å². The first-order chi connectivity index (χ1) is 12.0. The average Bonchev–Trinajstić information content (AvgIpc) is 3.00. The number of carbonyl (C=O) groups excluding carboxylic acids is 1. The van der Waals surface area contributed by atoms with E-state index in [0.717, 1.165) is 16.3 Å². The van der Waals surface area contributed by atoms with Gasteiger partial charge in [-0.2, -0.15) is 5.10 Å². The van der Waals surface area contributed by atoms with Crippen LogP contribution in [0.4, 0.5) is 9.52 Å². The van der Waals surface area contributed by atoms with Crippen molar-refractivity contribution in [3.05, 3.63) is 64.2 Å². The van der Waals surface area contributed by atoms with Crippen molar-refractivity contribution in [1.82, 2.24) is 14.8 Å². The Bertz CT molecular complexity index is 1170. The number of fused-ring (bicyclic) bond motifs is 2. The number of nitrogens with one attached hydrogen (secondary N) is 1. The highest BCUT2D eigenvalue weighted by atomic mass is 32.1. The summed E-state index contributed by atoms with van der Waals surface area (Å²) < 4.78 is 15.8. The summed E-state index contributed by atoms with van der Waals surface area (Å²) in [6.07, 6.45) is 0. The number of benzene rings is 2. The van der Waals surface area contributed by atoms with E-state index in [4.69, 9.17) is 0 Å². The Morgan fingerprint density at radius 2 is 2.04 bits per heavy atom. The number of aromatic nitrogens is 3. The van der Waals surface area contributed by atoms with Crippen LogP contribution in [-0.4, -0.2) is 20.7 Å². The lowest BCUT2D eigenvalue weighted by Gasteiger charge is -2.07. The van der Waals surface area contributed by atoms with Crippen molar-refractivity contribution in [3.63, 3.8) is 0 Å². The lowest BCUT2D eigenvalue weighted by Crippen LogP contribution is -2.26. The van der Waals surface area contributed by atoms with Crippen molar-refractivity contribution >= 4 is 43.5 Å². The molecular weight excluding hydrogens is 343 g/mol. The maximum absolute atomic E-state index is 13.5. The van der Waals surface area contributed by atoms with Crippen LogP contribution in [0.25, 0.3) is 21.1 Å². The highest BCUT2D eigenvalue weighted by Gasteiger charge is 2.18. The number of rotatable bonds is 2. The van der Waals surface area contributed by atoms with E-state index in [0.29, 0.717) is 10.6 Å². The Morgan fingerprint density at radius 3 is 2.84 bits per heavy atom. The summed E-state index contributed by atoms with van der Waals surface area (Å²) in [5, 5.41) is 7.09. The predicted molar refractivity (Wildman–Crippen MR) is 94.5 cm³/mol. The van der Waals surface area contributed by atoms with Crippen LogP contribution in [-0.2, 0) is 7.05 Å². The van der Waals surface area contributed by atoms with E-state index in [1.165, 1.54) is 28.2 Å². The van der Waals surface area contributed by atoms with Crippen molar-refractivity contribution in [3.8, 4) is 0 Å². The molecule has 0 aliphatic heterocycles. The molecule has 0 saturated carbocycles. The van der Waals surface area contributed by atoms with Gasteiger partial charge in [-0.3, -0.25) is 19.6 Å². The molecule has 1 N–H and O–H groups in total. The third kappa shape index (κ3) is 2.66. The summed E-state index contributed by atoms with van der Waals surface area (Å²) in [6, 6.07) is 11.2. The zero-order valence-corrected chi connectivity index (χ0v) is 13.8. The van der Waals surface area contributed by atoms with Gasteiger partial charge in [0.05, 0.1) is 21.1 Å². The fourth-order valence-corrected chi connectivity index (χ4v) is 3.44. The lowest BCUT2D eigenvalue weighted by atomic mass is 10.2. The minimum absolute atomic E-state index is 0.104. The highest BCUT2D eigenvalue weighted by Crippen LogP contribution is 2.25. The van der Waals surface area contributed by atoms with Crippen LogP contribution in [0.3, 0.4) is 0 Å². The van der Waals surface area contributed by atoms with E-state index < -0.39 is 17.2 Å². The standard InChI is InChI=1S/C17H11FN4O2S/c1-22-12-7-6-9(18)8-10(12)15(23)14(21-22)16(24)20-17-19-11-4-2-3-5-13(11)25-17/h2-8H,1H3,(H,19,20,24). The molecule has 0 spiro atoms. The van der Waals surface area contributed by atoms with E-state index in [1.54, 1.807) is 7.05 Å². The maximum Gasteiger partial charge on any atom is 0.281 e. The van der Waals surface area contributed by atoms with Gasteiger partial charge in [0.2, 0.25) is 5.43 Å².